The number of aliphatic carboxylic acids is 1. The van der Waals surface area contributed by atoms with Crippen LogP contribution in [0.5, 0.6) is 0 Å². The van der Waals surface area contributed by atoms with Gasteiger partial charge in [0.05, 0.1) is 0 Å². The third-order valence-corrected chi connectivity index (χ3v) is 3.80. The van der Waals surface area contributed by atoms with Crippen molar-refractivity contribution in [3.8, 4) is 0 Å². The Bertz CT molecular complexity index is 329. The fourth-order valence-corrected chi connectivity index (χ4v) is 2.12. The maximum absolute atomic E-state index is 11.5. The van der Waals surface area contributed by atoms with Crippen molar-refractivity contribution >= 4 is 12.0 Å². The lowest BCUT2D eigenvalue weighted by molar-refractivity contribution is -0.146. The molecular formula is C12H23N3O4. The summed E-state index contributed by atoms with van der Waals surface area (Å²) in [7, 11) is 4.00. The molecule has 19 heavy (non-hydrogen) atoms. The smallest absolute Gasteiger partial charge is 0.332 e. The molecule has 7 nitrogen and oxygen atoms in total. The molecule has 0 aromatic heterocycles. The number of carboxylic acid groups (broad SMARTS) is 1. The number of hydrogen-bond acceptors (Lipinski definition) is 4. The molecule has 4 N–H and O–H groups in total. The van der Waals surface area contributed by atoms with Gasteiger partial charge in [0.1, 0.15) is 0 Å². The van der Waals surface area contributed by atoms with Crippen LogP contribution >= 0.6 is 0 Å². The number of hydrogen-bond donors (Lipinski definition) is 4. The first-order chi connectivity index (χ1) is 8.87. The summed E-state index contributed by atoms with van der Waals surface area (Å²) in [6.07, 6.45) is 1.88. The normalized spacial score (nSPS) is 18.5. The zero-order valence-electron chi connectivity index (χ0n) is 11.5. The van der Waals surface area contributed by atoms with Crippen LogP contribution in [0.2, 0.25) is 0 Å². The molecule has 0 radical (unpaired) electrons. The van der Waals surface area contributed by atoms with Gasteiger partial charge < -0.3 is 25.7 Å². The molecule has 1 rings (SSSR count). The Morgan fingerprint density at radius 2 is 1.95 bits per heavy atom. The van der Waals surface area contributed by atoms with E-state index in [4.69, 9.17) is 10.2 Å². The molecule has 1 fully saturated rings. The molecular weight excluding hydrogens is 250 g/mol. The van der Waals surface area contributed by atoms with Crippen LogP contribution in [-0.2, 0) is 4.79 Å². The molecule has 0 aromatic carbocycles. The lowest BCUT2D eigenvalue weighted by atomic mass is 9.75. The zero-order valence-corrected chi connectivity index (χ0v) is 11.5. The molecule has 0 spiro atoms. The second-order valence-corrected chi connectivity index (χ2v) is 5.22. The second-order valence-electron chi connectivity index (χ2n) is 5.22. The van der Waals surface area contributed by atoms with E-state index >= 15 is 0 Å². The molecule has 0 saturated heterocycles. The van der Waals surface area contributed by atoms with Crippen LogP contribution in [0.3, 0.4) is 0 Å². The summed E-state index contributed by atoms with van der Waals surface area (Å²) in [5.74, 6) is -1.27. The van der Waals surface area contributed by atoms with Crippen molar-refractivity contribution in [3.63, 3.8) is 0 Å². The van der Waals surface area contributed by atoms with Crippen LogP contribution in [0.1, 0.15) is 25.7 Å². The standard InChI is InChI=1S/C12H23N3O4/c1-15(2)12(5-3-6-12)8-14-11(19)13-7-4-9(16)10(17)18/h9,16H,3-8H2,1-2H3,(H,17,18)(H2,13,14,19). The molecule has 0 heterocycles. The van der Waals surface area contributed by atoms with Gasteiger partial charge in [-0.25, -0.2) is 9.59 Å². The maximum atomic E-state index is 11.5. The largest absolute Gasteiger partial charge is 0.479 e. The quantitative estimate of drug-likeness (QED) is 0.506. The van der Waals surface area contributed by atoms with Crippen molar-refractivity contribution in [1.29, 1.82) is 0 Å². The van der Waals surface area contributed by atoms with E-state index in [0.717, 1.165) is 12.8 Å². The van der Waals surface area contributed by atoms with Gasteiger partial charge in [-0.1, -0.05) is 0 Å². The number of rotatable bonds is 7. The Morgan fingerprint density at radius 3 is 2.37 bits per heavy atom. The Hall–Kier alpha value is -1.34. The highest BCUT2D eigenvalue weighted by Crippen LogP contribution is 2.35. The van der Waals surface area contributed by atoms with Crippen molar-refractivity contribution in [2.24, 2.45) is 0 Å². The SMILES string of the molecule is CN(C)C1(CNC(=O)NCCC(O)C(=O)O)CCC1. The Balaban J connectivity index is 2.19. The fourth-order valence-electron chi connectivity index (χ4n) is 2.12. The fraction of sp³-hybridized carbons (Fsp3) is 0.833. The number of nitrogens with zero attached hydrogens (tertiary/aromatic N) is 1. The monoisotopic (exact) mass is 273 g/mol. The molecule has 0 bridgehead atoms. The first kappa shape index (κ1) is 15.7. The highest BCUT2D eigenvalue weighted by Gasteiger charge is 2.39. The minimum absolute atomic E-state index is 0.00156. The lowest BCUT2D eigenvalue weighted by Crippen LogP contribution is -2.58. The van der Waals surface area contributed by atoms with E-state index in [-0.39, 0.29) is 24.5 Å². The van der Waals surface area contributed by atoms with E-state index in [1.165, 1.54) is 6.42 Å². The number of likely N-dealkylation sites (N-methyl/N-ethyl adjacent to an activating group) is 1. The van der Waals surface area contributed by atoms with Crippen LogP contribution < -0.4 is 10.6 Å². The van der Waals surface area contributed by atoms with Crippen molar-refractivity contribution < 1.29 is 19.8 Å². The zero-order chi connectivity index (χ0) is 14.5. The highest BCUT2D eigenvalue weighted by molar-refractivity contribution is 5.74. The molecule has 2 amide bonds. The first-order valence-electron chi connectivity index (χ1n) is 6.47. The summed E-state index contributed by atoms with van der Waals surface area (Å²) in [4.78, 5) is 24.0. The van der Waals surface area contributed by atoms with Gasteiger partial charge in [0.25, 0.3) is 0 Å². The van der Waals surface area contributed by atoms with E-state index in [1.807, 2.05) is 14.1 Å². The van der Waals surface area contributed by atoms with Crippen molar-refractivity contribution in [2.45, 2.75) is 37.3 Å². The van der Waals surface area contributed by atoms with Crippen LogP contribution in [0.15, 0.2) is 0 Å². The Labute approximate surface area is 113 Å². The van der Waals surface area contributed by atoms with Gasteiger partial charge in [0.15, 0.2) is 6.10 Å². The molecule has 1 atom stereocenters. The average molecular weight is 273 g/mol. The average Bonchev–Trinajstić information content (AvgIpc) is 2.26. The van der Waals surface area contributed by atoms with Gasteiger partial charge in [0, 0.05) is 25.0 Å². The van der Waals surface area contributed by atoms with E-state index in [0.29, 0.717) is 6.54 Å². The first-order valence-corrected chi connectivity index (χ1v) is 6.47. The number of amides is 2. The van der Waals surface area contributed by atoms with E-state index in [1.54, 1.807) is 0 Å². The number of urea groups is 1. The van der Waals surface area contributed by atoms with Crippen molar-refractivity contribution in [1.82, 2.24) is 15.5 Å². The Kier molecular flexibility index (Phi) is 5.56. The van der Waals surface area contributed by atoms with Gasteiger partial charge in [0.2, 0.25) is 0 Å². The second kappa shape index (κ2) is 6.72. The summed E-state index contributed by atoms with van der Waals surface area (Å²) >= 11 is 0. The number of nitrogens with one attached hydrogen (secondary N) is 2. The number of carboxylic acids is 1. The van der Waals surface area contributed by atoms with E-state index < -0.39 is 12.1 Å². The summed E-state index contributed by atoms with van der Waals surface area (Å²) in [5.41, 5.74) is 0.0535. The number of aliphatic hydroxyl groups excluding tert-OH is 1. The molecule has 0 aromatic rings. The third-order valence-electron chi connectivity index (χ3n) is 3.80. The topological polar surface area (TPSA) is 102 Å². The van der Waals surface area contributed by atoms with Gasteiger partial charge in [-0.05, 0) is 33.4 Å². The summed E-state index contributed by atoms with van der Waals surface area (Å²) in [6, 6.07) is -0.328. The molecule has 1 unspecified atom stereocenters. The van der Waals surface area contributed by atoms with Crippen LogP contribution in [0, 0.1) is 0 Å². The van der Waals surface area contributed by atoms with Crippen LogP contribution in [-0.4, -0.2) is 65.9 Å². The van der Waals surface area contributed by atoms with Gasteiger partial charge >= 0.3 is 12.0 Å². The van der Waals surface area contributed by atoms with Gasteiger partial charge in [-0.3, -0.25) is 0 Å². The predicted molar refractivity (Wildman–Crippen MR) is 69.9 cm³/mol. The third kappa shape index (κ3) is 4.36. The van der Waals surface area contributed by atoms with Crippen LogP contribution in [0.25, 0.3) is 0 Å². The van der Waals surface area contributed by atoms with Crippen LogP contribution in [0.4, 0.5) is 4.79 Å². The summed E-state index contributed by atoms with van der Waals surface area (Å²) in [6.45, 7) is 0.710. The van der Waals surface area contributed by atoms with Crippen molar-refractivity contribution in [3.05, 3.63) is 0 Å². The van der Waals surface area contributed by atoms with Gasteiger partial charge in [-0.2, -0.15) is 0 Å². The molecule has 7 heteroatoms. The predicted octanol–water partition coefficient (Wildman–Crippen LogP) is -0.394. The molecule has 1 aliphatic rings. The van der Waals surface area contributed by atoms with E-state index in [2.05, 4.69) is 15.5 Å². The number of carbonyl (C=O) groups excluding carboxylic acids is 1. The Morgan fingerprint density at radius 1 is 1.32 bits per heavy atom. The number of carbonyl (C=O) groups is 2. The highest BCUT2D eigenvalue weighted by atomic mass is 16.4. The minimum Gasteiger partial charge on any atom is -0.479 e. The summed E-state index contributed by atoms with van der Waals surface area (Å²) < 4.78 is 0. The maximum Gasteiger partial charge on any atom is 0.332 e. The van der Waals surface area contributed by atoms with Gasteiger partial charge in [-0.15, -0.1) is 0 Å². The van der Waals surface area contributed by atoms with Crippen molar-refractivity contribution in [2.75, 3.05) is 27.2 Å². The molecule has 1 saturated carbocycles. The number of aliphatic hydroxyl groups is 1. The molecule has 1 aliphatic carbocycles. The molecule has 0 aliphatic heterocycles. The lowest BCUT2D eigenvalue weighted by Gasteiger charge is -2.47. The molecule has 110 valence electrons. The minimum atomic E-state index is -1.43. The summed E-state index contributed by atoms with van der Waals surface area (Å²) in [5, 5.41) is 22.8. The van der Waals surface area contributed by atoms with E-state index in [9.17, 15) is 9.59 Å².